The van der Waals surface area contributed by atoms with E-state index in [0.717, 1.165) is 4.90 Å². The lowest BCUT2D eigenvalue weighted by Gasteiger charge is -2.23. The minimum absolute atomic E-state index is 0.0300. The lowest BCUT2D eigenvalue weighted by atomic mass is 10.0. The van der Waals surface area contributed by atoms with E-state index in [-0.39, 0.29) is 69.8 Å². The summed E-state index contributed by atoms with van der Waals surface area (Å²) in [7, 11) is 2.73. The van der Waals surface area contributed by atoms with Gasteiger partial charge in [-0.25, -0.2) is 0 Å². The molecule has 1 aliphatic rings. The molecule has 5 atom stereocenters. The molecular weight excluding hydrogens is 666 g/mol. The molecule has 0 bridgehead atoms. The summed E-state index contributed by atoms with van der Waals surface area (Å²) >= 11 is 0. The van der Waals surface area contributed by atoms with Crippen molar-refractivity contribution < 1.29 is 63.3 Å². The first kappa shape index (κ1) is 45.0. The van der Waals surface area contributed by atoms with Crippen LogP contribution in [0.15, 0.2) is 0 Å². The van der Waals surface area contributed by atoms with E-state index in [1.807, 2.05) is 0 Å². The van der Waals surface area contributed by atoms with Crippen molar-refractivity contribution in [2.24, 2.45) is 17.8 Å². The molecule has 1 saturated heterocycles. The van der Waals surface area contributed by atoms with Gasteiger partial charge in [0.05, 0.1) is 32.0 Å². The van der Waals surface area contributed by atoms with Crippen LogP contribution in [0.5, 0.6) is 0 Å². The SMILES string of the molecule is CNC(=O)C(CC(=O)NCCO)CN1C(=O)CC(C)C1=O.CNC(=O)C(CC(=O)NCCO)NC(=O)C(CC(C)=O)NC(=O)C(C)CC(=O)O. The summed E-state index contributed by atoms with van der Waals surface area (Å²) in [5.74, 6) is -8.11. The number of carboxylic acid groups (broad SMARTS) is 1. The van der Waals surface area contributed by atoms with Crippen molar-refractivity contribution in [1.29, 1.82) is 0 Å². The predicted molar refractivity (Wildman–Crippen MR) is 172 cm³/mol. The molecule has 9 N–H and O–H groups in total. The molecular formula is C30H49N7O13. The van der Waals surface area contributed by atoms with Crippen LogP contribution in [0.4, 0.5) is 0 Å². The van der Waals surface area contributed by atoms with Gasteiger partial charge in [-0.3, -0.25) is 52.8 Å². The number of nitrogens with one attached hydrogen (secondary N) is 6. The Kier molecular flexibility index (Phi) is 21.1. The third kappa shape index (κ3) is 16.9. The molecule has 0 aromatic heterocycles. The van der Waals surface area contributed by atoms with Gasteiger partial charge in [0.2, 0.25) is 47.3 Å². The maximum Gasteiger partial charge on any atom is 0.304 e. The molecule has 20 nitrogen and oxygen atoms in total. The van der Waals surface area contributed by atoms with Crippen molar-refractivity contribution in [2.45, 2.75) is 65.0 Å². The Labute approximate surface area is 288 Å². The highest BCUT2D eigenvalue weighted by Gasteiger charge is 2.38. The molecule has 0 aromatic rings. The second-order valence-corrected chi connectivity index (χ2v) is 11.5. The molecule has 0 aromatic carbocycles. The van der Waals surface area contributed by atoms with E-state index in [2.05, 4.69) is 31.9 Å². The summed E-state index contributed by atoms with van der Waals surface area (Å²) in [5, 5.41) is 40.2. The van der Waals surface area contributed by atoms with Gasteiger partial charge in [-0.1, -0.05) is 13.8 Å². The van der Waals surface area contributed by atoms with E-state index in [9.17, 15) is 47.9 Å². The van der Waals surface area contributed by atoms with E-state index in [4.69, 9.17) is 15.3 Å². The molecule has 1 heterocycles. The van der Waals surface area contributed by atoms with Gasteiger partial charge in [0.25, 0.3) is 0 Å². The Bertz CT molecular complexity index is 1260. The first-order chi connectivity index (χ1) is 23.4. The fraction of sp³-hybridized carbons (Fsp3) is 0.667. The standard InChI is InChI=1S/C17H28N4O8.C13H21N3O5/c1-9(6-14(25)26)15(27)20-11(7-10(2)23)17(29)21-12(16(28)18-3)8-13(24)19-4-5-22;1-8-5-11(19)16(13(8)21)7-9(12(20)14-2)6-10(18)15-3-4-17/h9,11-12,22H,4-8H2,1-3H3,(H,18,28)(H,19,24)(H,20,27)(H,21,29)(H,25,26);8-9,17H,3-7H2,1-2H3,(H,14,20)(H,15,18). The quantitative estimate of drug-likeness (QED) is 0.0538. The maximum atomic E-state index is 12.5. The van der Waals surface area contributed by atoms with Gasteiger partial charge in [-0.2, -0.15) is 0 Å². The number of aliphatic carboxylic acids is 1. The van der Waals surface area contributed by atoms with E-state index in [0.29, 0.717) is 0 Å². The Morgan fingerprint density at radius 3 is 1.70 bits per heavy atom. The zero-order chi connectivity index (χ0) is 38.6. The minimum Gasteiger partial charge on any atom is -0.481 e. The second kappa shape index (κ2) is 23.4. The Balaban J connectivity index is 0.00000101. The van der Waals surface area contributed by atoms with Crippen LogP contribution in [0.3, 0.4) is 0 Å². The van der Waals surface area contributed by atoms with Gasteiger partial charge in [0, 0.05) is 64.8 Å². The molecule has 1 rings (SSSR count). The van der Waals surface area contributed by atoms with Gasteiger partial charge < -0.3 is 47.2 Å². The molecule has 0 saturated carbocycles. The Hall–Kier alpha value is -4.98. The molecule has 50 heavy (non-hydrogen) atoms. The first-order valence-corrected chi connectivity index (χ1v) is 15.8. The van der Waals surface area contributed by atoms with Crippen LogP contribution in [-0.2, 0) is 47.9 Å². The van der Waals surface area contributed by atoms with Crippen LogP contribution in [0.1, 0.15) is 52.9 Å². The zero-order valence-corrected chi connectivity index (χ0v) is 28.8. The van der Waals surface area contributed by atoms with Crippen LogP contribution in [0.25, 0.3) is 0 Å². The largest absolute Gasteiger partial charge is 0.481 e. The van der Waals surface area contributed by atoms with Crippen molar-refractivity contribution in [3.63, 3.8) is 0 Å². The van der Waals surface area contributed by atoms with Crippen molar-refractivity contribution in [1.82, 2.24) is 36.8 Å². The number of rotatable bonds is 20. The lowest BCUT2D eigenvalue weighted by molar-refractivity contribution is -0.142. The third-order valence-electron chi connectivity index (χ3n) is 7.11. The van der Waals surface area contributed by atoms with Crippen LogP contribution < -0.4 is 31.9 Å². The molecule has 0 spiro atoms. The number of carbonyl (C=O) groups excluding carboxylic acids is 9. The number of ketones is 1. The topological polar surface area (TPSA) is 307 Å². The number of carboxylic acids is 1. The molecule has 20 heteroatoms. The zero-order valence-electron chi connectivity index (χ0n) is 28.8. The van der Waals surface area contributed by atoms with Crippen LogP contribution in [0.2, 0.25) is 0 Å². The predicted octanol–water partition coefficient (Wildman–Crippen LogP) is -4.47. The normalized spacial score (nSPS) is 16.0. The van der Waals surface area contributed by atoms with Crippen molar-refractivity contribution in [2.75, 3.05) is 46.9 Å². The van der Waals surface area contributed by atoms with Crippen molar-refractivity contribution in [3.05, 3.63) is 0 Å². The summed E-state index contributed by atoms with van der Waals surface area (Å²) < 4.78 is 0. The highest BCUT2D eigenvalue weighted by atomic mass is 16.4. The molecule has 0 radical (unpaired) electrons. The number of aliphatic hydroxyl groups is 2. The molecule has 8 amide bonds. The lowest BCUT2D eigenvalue weighted by Crippen LogP contribution is -2.55. The molecule has 1 fully saturated rings. The average molecular weight is 716 g/mol. The monoisotopic (exact) mass is 715 g/mol. The molecule has 5 unspecified atom stereocenters. The number of likely N-dealkylation sites (N-methyl/N-ethyl adjacent to an activating group) is 1. The minimum atomic E-state index is -1.34. The van der Waals surface area contributed by atoms with Gasteiger partial charge in [0.1, 0.15) is 17.9 Å². The van der Waals surface area contributed by atoms with Gasteiger partial charge >= 0.3 is 5.97 Å². The number of Topliss-reactive ketones (excluding diaryl/α,β-unsaturated/α-hetero) is 1. The first-order valence-electron chi connectivity index (χ1n) is 15.8. The summed E-state index contributed by atoms with van der Waals surface area (Å²) in [6, 6.07) is -2.63. The number of hydrogen-bond acceptors (Lipinski definition) is 12. The number of carbonyl (C=O) groups is 10. The number of likely N-dealkylation sites (tertiary alicyclic amines) is 1. The molecule has 282 valence electrons. The second-order valence-electron chi connectivity index (χ2n) is 11.5. The van der Waals surface area contributed by atoms with Gasteiger partial charge in [-0.05, 0) is 6.92 Å². The van der Waals surface area contributed by atoms with Crippen LogP contribution in [0, 0.1) is 17.8 Å². The fourth-order valence-electron chi connectivity index (χ4n) is 4.47. The summed E-state index contributed by atoms with van der Waals surface area (Å²) in [6.45, 7) is 3.67. The van der Waals surface area contributed by atoms with E-state index in [1.54, 1.807) is 6.92 Å². The van der Waals surface area contributed by atoms with E-state index in [1.165, 1.54) is 27.9 Å². The highest BCUT2D eigenvalue weighted by molar-refractivity contribution is 6.04. The number of amides is 8. The maximum absolute atomic E-state index is 12.5. The fourth-order valence-corrected chi connectivity index (χ4v) is 4.47. The smallest absolute Gasteiger partial charge is 0.304 e. The van der Waals surface area contributed by atoms with Gasteiger partial charge in [0.15, 0.2) is 0 Å². The summed E-state index contributed by atoms with van der Waals surface area (Å²) in [4.78, 5) is 119. The van der Waals surface area contributed by atoms with E-state index < -0.39 is 84.0 Å². The Morgan fingerprint density at radius 1 is 0.760 bits per heavy atom. The molecule has 0 aliphatic carbocycles. The molecule has 1 aliphatic heterocycles. The number of imide groups is 1. The third-order valence-corrected chi connectivity index (χ3v) is 7.11. The summed E-state index contributed by atoms with van der Waals surface area (Å²) in [5.41, 5.74) is 0. The Morgan fingerprint density at radius 2 is 1.26 bits per heavy atom. The number of aliphatic hydroxyl groups excluding tert-OH is 2. The summed E-state index contributed by atoms with van der Waals surface area (Å²) in [6.07, 6.45) is -1.29. The number of nitrogens with zero attached hydrogens (tertiary/aromatic N) is 1. The highest BCUT2D eigenvalue weighted by Crippen LogP contribution is 2.21. The number of hydrogen-bond donors (Lipinski definition) is 9. The van der Waals surface area contributed by atoms with E-state index >= 15 is 0 Å². The van der Waals surface area contributed by atoms with Crippen LogP contribution >= 0.6 is 0 Å². The average Bonchev–Trinajstić information content (AvgIpc) is 3.29. The van der Waals surface area contributed by atoms with Crippen molar-refractivity contribution in [3.8, 4) is 0 Å². The van der Waals surface area contributed by atoms with Crippen molar-refractivity contribution >= 4 is 59.0 Å². The van der Waals surface area contributed by atoms with Gasteiger partial charge in [-0.15, -0.1) is 0 Å². The van der Waals surface area contributed by atoms with Crippen LogP contribution in [-0.4, -0.2) is 138 Å².